The van der Waals surface area contributed by atoms with Crippen molar-refractivity contribution >= 4 is 5.97 Å². The molecule has 0 aromatic heterocycles. The van der Waals surface area contributed by atoms with E-state index in [4.69, 9.17) is 10.5 Å². The second-order valence-electron chi connectivity index (χ2n) is 3.90. The van der Waals surface area contributed by atoms with Crippen molar-refractivity contribution in [1.29, 1.82) is 0 Å². The van der Waals surface area contributed by atoms with Gasteiger partial charge in [-0.15, -0.1) is 0 Å². The lowest BCUT2D eigenvalue weighted by Gasteiger charge is -2.24. The molecule has 1 fully saturated rings. The maximum Gasteiger partial charge on any atom is 0.312 e. The fourth-order valence-electron chi connectivity index (χ4n) is 1.46. The zero-order valence-electron chi connectivity index (χ0n) is 7.80. The van der Waals surface area contributed by atoms with E-state index in [0.717, 1.165) is 6.42 Å². The van der Waals surface area contributed by atoms with Gasteiger partial charge in [0.25, 0.3) is 0 Å². The van der Waals surface area contributed by atoms with Crippen LogP contribution in [0.2, 0.25) is 0 Å². The van der Waals surface area contributed by atoms with Crippen LogP contribution in [0.25, 0.3) is 0 Å². The third kappa shape index (κ3) is 1.97. The van der Waals surface area contributed by atoms with Crippen molar-refractivity contribution in [2.45, 2.75) is 26.2 Å². The normalized spacial score (nSPS) is 21.6. The summed E-state index contributed by atoms with van der Waals surface area (Å²) in [7, 11) is 1.42. The molecule has 1 aliphatic carbocycles. The molecule has 1 aliphatic rings. The number of hydrogen-bond acceptors (Lipinski definition) is 3. The molecule has 0 aliphatic heterocycles. The number of esters is 1. The maximum absolute atomic E-state index is 11.3. The smallest absolute Gasteiger partial charge is 0.312 e. The molecule has 0 spiro atoms. The lowest BCUT2D eigenvalue weighted by atomic mass is 9.85. The minimum absolute atomic E-state index is 0.170. The van der Waals surface area contributed by atoms with Gasteiger partial charge in [-0.3, -0.25) is 4.79 Å². The molecule has 0 heterocycles. The molecule has 12 heavy (non-hydrogen) atoms. The Bertz CT molecular complexity index is 177. The van der Waals surface area contributed by atoms with Crippen LogP contribution in [0.5, 0.6) is 0 Å². The monoisotopic (exact) mass is 171 g/mol. The second-order valence-corrected chi connectivity index (χ2v) is 3.90. The summed E-state index contributed by atoms with van der Waals surface area (Å²) in [6, 6.07) is 0. The van der Waals surface area contributed by atoms with Gasteiger partial charge < -0.3 is 10.5 Å². The van der Waals surface area contributed by atoms with E-state index in [1.807, 2.05) is 6.92 Å². The summed E-state index contributed by atoms with van der Waals surface area (Å²) in [5.41, 5.74) is 5.11. The average Bonchev–Trinajstić information content (AvgIpc) is 2.86. The van der Waals surface area contributed by atoms with E-state index in [1.54, 1.807) is 0 Å². The third-order valence-electron chi connectivity index (χ3n) is 2.56. The van der Waals surface area contributed by atoms with Crippen molar-refractivity contribution < 1.29 is 9.53 Å². The number of rotatable bonds is 4. The molecule has 0 amide bonds. The average molecular weight is 171 g/mol. The van der Waals surface area contributed by atoms with E-state index >= 15 is 0 Å². The van der Waals surface area contributed by atoms with Crippen LogP contribution < -0.4 is 5.73 Å². The number of nitrogens with two attached hydrogens (primary N) is 1. The van der Waals surface area contributed by atoms with Crippen LogP contribution >= 0.6 is 0 Å². The van der Waals surface area contributed by atoms with Gasteiger partial charge in [0, 0.05) is 6.54 Å². The predicted octanol–water partition coefficient (Wildman–Crippen LogP) is 0.924. The fourth-order valence-corrected chi connectivity index (χ4v) is 1.46. The zero-order valence-corrected chi connectivity index (χ0v) is 7.80. The molecule has 2 N–H and O–H groups in total. The van der Waals surface area contributed by atoms with Crippen LogP contribution in [0, 0.1) is 11.3 Å². The van der Waals surface area contributed by atoms with Gasteiger partial charge in [-0.05, 0) is 19.3 Å². The summed E-state index contributed by atoms with van der Waals surface area (Å²) >= 11 is 0. The van der Waals surface area contributed by atoms with Crippen LogP contribution in [0.3, 0.4) is 0 Å². The number of ether oxygens (including phenoxy) is 1. The molecule has 0 saturated heterocycles. The van der Waals surface area contributed by atoms with E-state index in [-0.39, 0.29) is 5.97 Å². The molecule has 1 atom stereocenters. The summed E-state index contributed by atoms with van der Waals surface area (Å²) in [6.45, 7) is 2.27. The quantitative estimate of drug-likeness (QED) is 0.640. The Morgan fingerprint density at radius 2 is 2.25 bits per heavy atom. The molecular formula is C9H17NO2. The first-order chi connectivity index (χ1) is 5.62. The zero-order chi connectivity index (χ0) is 9.19. The van der Waals surface area contributed by atoms with Crippen LogP contribution in [0.1, 0.15) is 26.2 Å². The van der Waals surface area contributed by atoms with E-state index in [2.05, 4.69) is 0 Å². The van der Waals surface area contributed by atoms with Crippen molar-refractivity contribution in [3.8, 4) is 0 Å². The van der Waals surface area contributed by atoms with Crippen LogP contribution in [0.4, 0.5) is 0 Å². The highest BCUT2D eigenvalue weighted by Gasteiger charge is 2.38. The Morgan fingerprint density at radius 1 is 1.67 bits per heavy atom. The molecule has 1 rings (SSSR count). The minimum Gasteiger partial charge on any atom is -0.469 e. The number of carbonyl (C=O) groups excluding carboxylic acids is 1. The molecule has 0 bridgehead atoms. The van der Waals surface area contributed by atoms with E-state index in [0.29, 0.717) is 12.5 Å². The Hall–Kier alpha value is -0.570. The number of carbonyl (C=O) groups is 1. The molecule has 0 aromatic rings. The highest BCUT2D eigenvalue weighted by atomic mass is 16.5. The van der Waals surface area contributed by atoms with Gasteiger partial charge in [0.15, 0.2) is 0 Å². The molecule has 1 unspecified atom stereocenters. The molecule has 3 heteroatoms. The van der Waals surface area contributed by atoms with Gasteiger partial charge in [-0.25, -0.2) is 0 Å². The van der Waals surface area contributed by atoms with Crippen molar-refractivity contribution in [2.75, 3.05) is 13.7 Å². The SMILES string of the molecule is COC(=O)C(C)(CN)CC1CC1. The lowest BCUT2D eigenvalue weighted by Crippen LogP contribution is -2.37. The van der Waals surface area contributed by atoms with Crippen molar-refractivity contribution in [3.63, 3.8) is 0 Å². The minimum atomic E-state index is -0.448. The summed E-state index contributed by atoms with van der Waals surface area (Å²) in [6.07, 6.45) is 3.37. The molecule has 0 radical (unpaired) electrons. The van der Waals surface area contributed by atoms with Crippen molar-refractivity contribution in [2.24, 2.45) is 17.1 Å². The van der Waals surface area contributed by atoms with E-state index in [1.165, 1.54) is 20.0 Å². The van der Waals surface area contributed by atoms with Crippen LogP contribution in [-0.4, -0.2) is 19.6 Å². The Morgan fingerprint density at radius 3 is 2.58 bits per heavy atom. The first kappa shape index (κ1) is 9.52. The molecule has 1 saturated carbocycles. The maximum atomic E-state index is 11.3. The number of methoxy groups -OCH3 is 1. The van der Waals surface area contributed by atoms with E-state index < -0.39 is 5.41 Å². The highest BCUT2D eigenvalue weighted by molar-refractivity contribution is 5.76. The molecule has 3 nitrogen and oxygen atoms in total. The molecular weight excluding hydrogens is 154 g/mol. The topological polar surface area (TPSA) is 52.3 Å². The highest BCUT2D eigenvalue weighted by Crippen LogP contribution is 2.40. The predicted molar refractivity (Wildman–Crippen MR) is 46.5 cm³/mol. The third-order valence-corrected chi connectivity index (χ3v) is 2.56. The molecule has 0 aromatic carbocycles. The van der Waals surface area contributed by atoms with E-state index in [9.17, 15) is 4.79 Å². The van der Waals surface area contributed by atoms with Crippen LogP contribution in [0.15, 0.2) is 0 Å². The van der Waals surface area contributed by atoms with Gasteiger partial charge in [-0.1, -0.05) is 12.8 Å². The second kappa shape index (κ2) is 3.44. The first-order valence-electron chi connectivity index (χ1n) is 4.41. The van der Waals surface area contributed by atoms with Gasteiger partial charge in [0.1, 0.15) is 0 Å². The largest absolute Gasteiger partial charge is 0.469 e. The number of hydrogen-bond donors (Lipinski definition) is 1. The van der Waals surface area contributed by atoms with Gasteiger partial charge in [0.2, 0.25) is 0 Å². The van der Waals surface area contributed by atoms with Crippen molar-refractivity contribution in [1.82, 2.24) is 0 Å². The fraction of sp³-hybridized carbons (Fsp3) is 0.889. The Kier molecular flexibility index (Phi) is 2.73. The lowest BCUT2D eigenvalue weighted by molar-refractivity contribution is -0.151. The summed E-state index contributed by atoms with van der Waals surface area (Å²) < 4.78 is 4.72. The Labute approximate surface area is 73.3 Å². The summed E-state index contributed by atoms with van der Waals surface area (Å²) in [5, 5.41) is 0. The first-order valence-corrected chi connectivity index (χ1v) is 4.41. The molecule has 70 valence electrons. The summed E-state index contributed by atoms with van der Waals surface area (Å²) in [5.74, 6) is 0.537. The van der Waals surface area contributed by atoms with Gasteiger partial charge >= 0.3 is 5.97 Å². The van der Waals surface area contributed by atoms with Crippen LogP contribution in [-0.2, 0) is 9.53 Å². The Balaban J connectivity index is 2.52. The standard InChI is InChI=1S/C9H17NO2/c1-9(6-10,8(11)12-2)5-7-3-4-7/h7H,3-6,10H2,1-2H3. The van der Waals surface area contributed by atoms with Crippen molar-refractivity contribution in [3.05, 3.63) is 0 Å². The van der Waals surface area contributed by atoms with Gasteiger partial charge in [0.05, 0.1) is 12.5 Å². The van der Waals surface area contributed by atoms with Gasteiger partial charge in [-0.2, -0.15) is 0 Å². The summed E-state index contributed by atoms with van der Waals surface area (Å²) in [4.78, 5) is 11.3.